The molecule has 6 aromatic carbocycles. The van der Waals surface area contributed by atoms with Crippen LogP contribution in [0.15, 0.2) is 167 Å². The first-order valence-electron chi connectivity index (χ1n) is 15.2. The minimum absolute atomic E-state index is 0.697. The first-order valence-corrected chi connectivity index (χ1v) is 16.9. The summed E-state index contributed by atoms with van der Waals surface area (Å²) in [5.74, 6) is 0. The Hall–Kier alpha value is -5.70. The molecule has 0 saturated carbocycles. The van der Waals surface area contributed by atoms with Gasteiger partial charge in [0.05, 0.1) is 0 Å². The van der Waals surface area contributed by atoms with Gasteiger partial charge in [-0.15, -0.1) is 0 Å². The summed E-state index contributed by atoms with van der Waals surface area (Å²) in [7, 11) is -3.16. The van der Waals surface area contributed by atoms with Crippen LogP contribution in [0.25, 0.3) is 66.1 Å². The highest BCUT2D eigenvalue weighted by molar-refractivity contribution is 7.85. The van der Waals surface area contributed by atoms with Crippen LogP contribution in [0.4, 0.5) is 0 Å². The molecule has 5 heteroatoms. The van der Waals surface area contributed by atoms with Gasteiger partial charge >= 0.3 is 0 Å². The van der Waals surface area contributed by atoms with E-state index in [1.807, 2.05) is 109 Å². The zero-order valence-electron chi connectivity index (χ0n) is 24.6. The lowest BCUT2D eigenvalue weighted by Crippen LogP contribution is -2.25. The fourth-order valence-corrected chi connectivity index (χ4v) is 9.15. The van der Waals surface area contributed by atoms with E-state index < -0.39 is 7.14 Å². The lowest BCUT2D eigenvalue weighted by molar-refractivity contribution is 0.592. The van der Waals surface area contributed by atoms with Gasteiger partial charge in [0, 0.05) is 55.4 Å². The summed E-state index contributed by atoms with van der Waals surface area (Å²) in [6.45, 7) is 0. The molecule has 0 aliphatic heterocycles. The number of fused-ring (bicyclic) bond motifs is 6. The normalized spacial score (nSPS) is 12.0. The SMILES string of the molecule is O=P(c1ccccc1)(c1ccccc1)c1cncc(-c2ccc3oc4ccc(-c5ccc6c(c5)oc5ccccc56)cc4c3c2)c1. The van der Waals surface area contributed by atoms with E-state index in [4.69, 9.17) is 8.83 Å². The van der Waals surface area contributed by atoms with E-state index in [2.05, 4.69) is 47.4 Å². The molecule has 9 rings (SSSR count). The standard InChI is InChI=1S/C41H26NO3P/c43-46(31-9-3-1-4-10-31,32-11-5-2-6-12-32)33-21-30(25-42-26-33)28-17-20-40-37(23-28)36-22-27(16-19-39(36)44-40)29-15-18-35-34-13-7-8-14-38(34)45-41(35)24-29/h1-26H. The molecule has 0 N–H and O–H groups in total. The Kier molecular flexibility index (Phi) is 6.06. The highest BCUT2D eigenvalue weighted by Gasteiger charge is 2.30. The number of hydrogen-bond donors (Lipinski definition) is 0. The molecule has 0 radical (unpaired) electrons. The summed E-state index contributed by atoms with van der Waals surface area (Å²) >= 11 is 0. The van der Waals surface area contributed by atoms with Crippen molar-refractivity contribution < 1.29 is 13.4 Å². The molecule has 0 atom stereocenters. The number of pyridine rings is 1. The molecule has 0 fully saturated rings. The van der Waals surface area contributed by atoms with Crippen LogP contribution in [0.2, 0.25) is 0 Å². The fraction of sp³-hybridized carbons (Fsp3) is 0. The van der Waals surface area contributed by atoms with E-state index in [1.54, 1.807) is 6.20 Å². The maximum atomic E-state index is 15.0. The van der Waals surface area contributed by atoms with Gasteiger partial charge in [0.15, 0.2) is 7.14 Å². The van der Waals surface area contributed by atoms with Crippen LogP contribution < -0.4 is 15.9 Å². The van der Waals surface area contributed by atoms with Crippen molar-refractivity contribution in [3.05, 3.63) is 158 Å². The van der Waals surface area contributed by atoms with Crippen LogP contribution in [0.3, 0.4) is 0 Å². The lowest BCUT2D eigenvalue weighted by Gasteiger charge is -2.20. The number of nitrogens with zero attached hydrogens (tertiary/aromatic N) is 1. The van der Waals surface area contributed by atoms with Crippen LogP contribution in [0.5, 0.6) is 0 Å². The Bertz CT molecular complexity index is 2580. The highest BCUT2D eigenvalue weighted by Crippen LogP contribution is 2.43. The molecule has 3 heterocycles. The molecule has 4 nitrogen and oxygen atoms in total. The molecule has 218 valence electrons. The second-order valence-electron chi connectivity index (χ2n) is 11.5. The maximum Gasteiger partial charge on any atom is 0.172 e. The lowest BCUT2D eigenvalue weighted by atomic mass is 10.00. The van der Waals surface area contributed by atoms with Crippen LogP contribution in [-0.4, -0.2) is 4.98 Å². The summed E-state index contributed by atoms with van der Waals surface area (Å²) in [5.41, 5.74) is 7.43. The van der Waals surface area contributed by atoms with Gasteiger partial charge in [-0.1, -0.05) is 97.1 Å². The van der Waals surface area contributed by atoms with Gasteiger partial charge in [-0.25, -0.2) is 0 Å². The van der Waals surface area contributed by atoms with E-state index >= 15 is 0 Å². The predicted octanol–water partition coefficient (Wildman–Crippen LogP) is 9.85. The highest BCUT2D eigenvalue weighted by atomic mass is 31.2. The number of rotatable bonds is 5. The summed E-state index contributed by atoms with van der Waals surface area (Å²) in [6, 6.07) is 48.4. The minimum Gasteiger partial charge on any atom is -0.456 e. The number of hydrogen-bond acceptors (Lipinski definition) is 4. The van der Waals surface area contributed by atoms with Crippen LogP contribution in [0.1, 0.15) is 0 Å². The van der Waals surface area contributed by atoms with E-state index in [9.17, 15) is 4.57 Å². The minimum atomic E-state index is -3.16. The van der Waals surface area contributed by atoms with Gasteiger partial charge in [-0.2, -0.15) is 0 Å². The molecule has 0 bridgehead atoms. The molecule has 0 spiro atoms. The Morgan fingerprint density at radius 2 is 0.913 bits per heavy atom. The first kappa shape index (κ1) is 26.7. The van der Waals surface area contributed by atoms with Crippen molar-refractivity contribution in [2.45, 2.75) is 0 Å². The van der Waals surface area contributed by atoms with E-state index in [0.29, 0.717) is 5.30 Å². The average Bonchev–Trinajstić information content (AvgIpc) is 3.69. The van der Waals surface area contributed by atoms with Crippen molar-refractivity contribution in [3.8, 4) is 22.3 Å². The van der Waals surface area contributed by atoms with Gasteiger partial charge in [0.25, 0.3) is 0 Å². The van der Waals surface area contributed by atoms with Crippen molar-refractivity contribution in [1.82, 2.24) is 4.98 Å². The molecule has 46 heavy (non-hydrogen) atoms. The molecule has 0 saturated heterocycles. The molecule has 0 amide bonds. The predicted molar refractivity (Wildman–Crippen MR) is 189 cm³/mol. The molecule has 0 aliphatic rings. The molecule has 0 aliphatic carbocycles. The maximum absolute atomic E-state index is 15.0. The molecule has 9 aromatic rings. The number of para-hydroxylation sites is 1. The van der Waals surface area contributed by atoms with Gasteiger partial charge in [-0.3, -0.25) is 4.98 Å². The topological polar surface area (TPSA) is 56.2 Å². The molecular weight excluding hydrogens is 585 g/mol. The zero-order valence-corrected chi connectivity index (χ0v) is 25.5. The Labute approximate surface area is 264 Å². The number of aromatic nitrogens is 1. The summed E-state index contributed by atoms with van der Waals surface area (Å²) < 4.78 is 27.4. The van der Waals surface area contributed by atoms with Gasteiger partial charge in [0.2, 0.25) is 0 Å². The van der Waals surface area contributed by atoms with Crippen LogP contribution >= 0.6 is 7.14 Å². The number of furan rings is 2. The summed E-state index contributed by atoms with van der Waals surface area (Å²) in [5, 5.41) is 6.53. The first-order chi connectivity index (χ1) is 22.6. The Morgan fingerprint density at radius 3 is 1.61 bits per heavy atom. The van der Waals surface area contributed by atoms with Gasteiger partial charge < -0.3 is 13.4 Å². The summed E-state index contributed by atoms with van der Waals surface area (Å²) in [4.78, 5) is 4.60. The van der Waals surface area contributed by atoms with Crippen LogP contribution in [-0.2, 0) is 4.57 Å². The quantitative estimate of drug-likeness (QED) is 0.182. The monoisotopic (exact) mass is 611 g/mol. The zero-order chi connectivity index (χ0) is 30.7. The third kappa shape index (κ3) is 4.23. The Balaban J connectivity index is 1.15. The average molecular weight is 612 g/mol. The van der Waals surface area contributed by atoms with Gasteiger partial charge in [-0.05, 0) is 65.2 Å². The summed E-state index contributed by atoms with van der Waals surface area (Å²) in [6.07, 6.45) is 3.57. The van der Waals surface area contributed by atoms with Crippen molar-refractivity contribution >= 4 is 66.9 Å². The van der Waals surface area contributed by atoms with Crippen molar-refractivity contribution in [2.75, 3.05) is 0 Å². The van der Waals surface area contributed by atoms with E-state index in [-0.39, 0.29) is 0 Å². The van der Waals surface area contributed by atoms with E-state index in [0.717, 1.165) is 76.7 Å². The molecule has 0 unspecified atom stereocenters. The largest absolute Gasteiger partial charge is 0.456 e. The second kappa shape index (κ2) is 10.4. The second-order valence-corrected chi connectivity index (χ2v) is 14.3. The molecule has 3 aromatic heterocycles. The Morgan fingerprint density at radius 1 is 0.391 bits per heavy atom. The smallest absolute Gasteiger partial charge is 0.172 e. The van der Waals surface area contributed by atoms with Crippen molar-refractivity contribution in [2.24, 2.45) is 0 Å². The fourth-order valence-electron chi connectivity index (χ4n) is 6.52. The van der Waals surface area contributed by atoms with Gasteiger partial charge in [0.1, 0.15) is 22.3 Å². The van der Waals surface area contributed by atoms with Crippen LogP contribution in [0, 0.1) is 0 Å². The molecular formula is C41H26NO3P. The van der Waals surface area contributed by atoms with Crippen molar-refractivity contribution in [3.63, 3.8) is 0 Å². The third-order valence-electron chi connectivity index (χ3n) is 8.84. The van der Waals surface area contributed by atoms with Crippen molar-refractivity contribution in [1.29, 1.82) is 0 Å². The third-order valence-corrected chi connectivity index (χ3v) is 11.9. The number of benzene rings is 6. The van der Waals surface area contributed by atoms with E-state index in [1.165, 1.54) is 0 Å².